The van der Waals surface area contributed by atoms with E-state index in [4.69, 9.17) is 18.9 Å². The van der Waals surface area contributed by atoms with Gasteiger partial charge in [-0.3, -0.25) is 14.5 Å². The highest BCUT2D eigenvalue weighted by atomic mass is 16.7. The van der Waals surface area contributed by atoms with Crippen molar-refractivity contribution in [2.75, 3.05) is 59.1 Å². The zero-order valence-corrected chi connectivity index (χ0v) is 40.7. The van der Waals surface area contributed by atoms with Gasteiger partial charge in [0.2, 0.25) is 0 Å². The number of hydrogen-bond acceptors (Lipinski definition) is 9. The van der Waals surface area contributed by atoms with Crippen molar-refractivity contribution in [2.24, 2.45) is 5.92 Å². The number of nitrogens with zero attached hydrogens (tertiary/aromatic N) is 2. The highest BCUT2D eigenvalue weighted by molar-refractivity contribution is 5.72. The summed E-state index contributed by atoms with van der Waals surface area (Å²) in [5.74, 6) is -0.228. The monoisotopic (exact) mass is 853 g/mol. The Kier molecular flexibility index (Phi) is 43.8. The van der Waals surface area contributed by atoms with Gasteiger partial charge in [-0.25, -0.2) is 4.79 Å². The van der Waals surface area contributed by atoms with Crippen LogP contribution in [0.1, 0.15) is 241 Å². The van der Waals surface area contributed by atoms with Crippen molar-refractivity contribution in [2.45, 2.75) is 247 Å². The molecular weight excluding hydrogens is 753 g/mol. The highest BCUT2D eigenvalue weighted by Gasteiger charge is 2.21. The number of unbranched alkanes of at least 4 members (excludes halogenated alkanes) is 21. The predicted octanol–water partition coefficient (Wildman–Crippen LogP) is 14.0. The fourth-order valence-corrected chi connectivity index (χ4v) is 7.91. The van der Waals surface area contributed by atoms with E-state index in [1.807, 2.05) is 0 Å². The van der Waals surface area contributed by atoms with Crippen molar-refractivity contribution in [3.63, 3.8) is 0 Å². The average molecular weight is 853 g/mol. The van der Waals surface area contributed by atoms with Gasteiger partial charge in [0, 0.05) is 32.6 Å². The van der Waals surface area contributed by atoms with Gasteiger partial charge in [-0.2, -0.15) is 0 Å². The molecule has 0 saturated heterocycles. The topological polar surface area (TPSA) is 94.6 Å². The molecule has 0 fully saturated rings. The van der Waals surface area contributed by atoms with Crippen molar-refractivity contribution in [3.8, 4) is 0 Å². The third-order valence-electron chi connectivity index (χ3n) is 12.1. The summed E-state index contributed by atoms with van der Waals surface area (Å²) in [7, 11) is 0. The maximum absolute atomic E-state index is 13.5. The Labute approximate surface area is 371 Å². The first kappa shape index (κ1) is 58.1. The number of carbonyl (C=O) groups is 3. The molecule has 0 aromatic rings. The fraction of sp³-hybridized carbons (Fsp3) is 0.941. The van der Waals surface area contributed by atoms with E-state index < -0.39 is 6.16 Å². The van der Waals surface area contributed by atoms with Crippen LogP contribution in [0.15, 0.2) is 0 Å². The standard InChI is InChI=1S/C51H100N2O7/c1-7-13-17-21-23-25-27-30-35-47(36-31-28-26-24-22-18-14-8-2)50(55)58-45-42-53(41-40-52(11-5)12-6)43-46-59-51(56)60-48(37-32-20-16-10-4)38-34-39-49(54)57-44-33-29-19-15-9-3/h47-48H,7-46H2,1-6H3. The van der Waals surface area contributed by atoms with Gasteiger partial charge < -0.3 is 23.8 Å². The van der Waals surface area contributed by atoms with Gasteiger partial charge in [-0.1, -0.05) is 189 Å². The van der Waals surface area contributed by atoms with Crippen molar-refractivity contribution < 1.29 is 33.3 Å². The lowest BCUT2D eigenvalue weighted by Crippen LogP contribution is -2.39. The van der Waals surface area contributed by atoms with Crippen LogP contribution in [0.3, 0.4) is 0 Å². The number of hydrogen-bond donors (Lipinski definition) is 0. The van der Waals surface area contributed by atoms with Gasteiger partial charge in [-0.05, 0) is 58.0 Å². The van der Waals surface area contributed by atoms with E-state index in [9.17, 15) is 14.4 Å². The smallest absolute Gasteiger partial charge is 0.466 e. The summed E-state index contributed by atoms with van der Waals surface area (Å²) < 4.78 is 22.9. The second-order valence-electron chi connectivity index (χ2n) is 17.5. The summed E-state index contributed by atoms with van der Waals surface area (Å²) in [4.78, 5) is 43.4. The summed E-state index contributed by atoms with van der Waals surface area (Å²) in [6.07, 6.45) is 33.5. The van der Waals surface area contributed by atoms with Gasteiger partial charge in [0.05, 0.1) is 12.5 Å². The SMILES string of the molecule is CCCCCCCCCCC(CCCCCCCCCC)C(=O)OCCN(CCOC(=O)OC(CCCCCC)CCCC(=O)OCCCCCCC)CCN(CC)CC. The van der Waals surface area contributed by atoms with Gasteiger partial charge in [0.25, 0.3) is 0 Å². The van der Waals surface area contributed by atoms with Crippen LogP contribution < -0.4 is 0 Å². The summed E-state index contributed by atoms with van der Waals surface area (Å²) >= 11 is 0. The Morgan fingerprint density at radius 2 is 0.817 bits per heavy atom. The lowest BCUT2D eigenvalue weighted by Gasteiger charge is -2.26. The quantitative estimate of drug-likeness (QED) is 0.0337. The van der Waals surface area contributed by atoms with E-state index in [1.165, 1.54) is 109 Å². The first-order valence-corrected chi connectivity index (χ1v) is 25.9. The molecule has 0 saturated carbocycles. The molecule has 356 valence electrons. The minimum absolute atomic E-state index is 0.0201. The van der Waals surface area contributed by atoms with Crippen LogP contribution in [-0.2, 0) is 28.5 Å². The number of ether oxygens (including phenoxy) is 4. The molecule has 0 radical (unpaired) electrons. The van der Waals surface area contributed by atoms with Gasteiger partial charge in [0.1, 0.15) is 19.3 Å². The first-order chi connectivity index (χ1) is 29.3. The Hall–Kier alpha value is -1.87. The maximum Gasteiger partial charge on any atom is 0.508 e. The van der Waals surface area contributed by atoms with Crippen molar-refractivity contribution >= 4 is 18.1 Å². The Morgan fingerprint density at radius 1 is 0.400 bits per heavy atom. The maximum atomic E-state index is 13.5. The van der Waals surface area contributed by atoms with Crippen LogP contribution in [0.2, 0.25) is 0 Å². The molecule has 0 N–H and O–H groups in total. The predicted molar refractivity (Wildman–Crippen MR) is 252 cm³/mol. The molecule has 1 unspecified atom stereocenters. The number of likely N-dealkylation sites (N-methyl/N-ethyl adjacent to an activating group) is 1. The molecule has 0 aromatic carbocycles. The van der Waals surface area contributed by atoms with Crippen LogP contribution in [0, 0.1) is 5.92 Å². The third kappa shape index (κ3) is 37.9. The molecule has 0 bridgehead atoms. The van der Waals surface area contributed by atoms with Gasteiger partial charge in [-0.15, -0.1) is 0 Å². The average Bonchev–Trinajstić information content (AvgIpc) is 3.24. The molecule has 0 aliphatic rings. The van der Waals surface area contributed by atoms with Gasteiger partial charge >= 0.3 is 18.1 Å². The molecule has 0 rings (SSSR count). The van der Waals surface area contributed by atoms with Crippen LogP contribution in [0.25, 0.3) is 0 Å². The largest absolute Gasteiger partial charge is 0.508 e. The summed E-state index contributed by atoms with van der Waals surface area (Å²) in [5.41, 5.74) is 0. The van der Waals surface area contributed by atoms with Crippen molar-refractivity contribution in [1.29, 1.82) is 0 Å². The van der Waals surface area contributed by atoms with Crippen LogP contribution in [0.5, 0.6) is 0 Å². The zero-order valence-electron chi connectivity index (χ0n) is 40.7. The van der Waals surface area contributed by atoms with Crippen LogP contribution in [0.4, 0.5) is 4.79 Å². The minimum Gasteiger partial charge on any atom is -0.466 e. The van der Waals surface area contributed by atoms with Crippen molar-refractivity contribution in [1.82, 2.24) is 9.80 Å². The van der Waals surface area contributed by atoms with E-state index in [2.05, 4.69) is 51.3 Å². The Bertz CT molecular complexity index is 926. The van der Waals surface area contributed by atoms with E-state index in [1.54, 1.807) is 0 Å². The summed E-state index contributed by atoms with van der Waals surface area (Å²) in [6, 6.07) is 0. The van der Waals surface area contributed by atoms with Crippen molar-refractivity contribution in [3.05, 3.63) is 0 Å². The van der Waals surface area contributed by atoms with E-state index in [0.717, 1.165) is 96.8 Å². The number of esters is 2. The molecule has 1 atom stereocenters. The van der Waals surface area contributed by atoms with E-state index in [-0.39, 0.29) is 30.6 Å². The third-order valence-corrected chi connectivity index (χ3v) is 12.1. The molecule has 0 heterocycles. The van der Waals surface area contributed by atoms with Crippen LogP contribution in [-0.4, -0.2) is 93.1 Å². The summed E-state index contributed by atoms with van der Waals surface area (Å²) in [6.45, 7) is 19.1. The lowest BCUT2D eigenvalue weighted by molar-refractivity contribution is -0.149. The molecule has 9 heteroatoms. The molecule has 0 aliphatic carbocycles. The Morgan fingerprint density at radius 3 is 1.33 bits per heavy atom. The zero-order chi connectivity index (χ0) is 44.2. The molecule has 60 heavy (non-hydrogen) atoms. The fourth-order valence-electron chi connectivity index (χ4n) is 7.91. The normalized spacial score (nSPS) is 12.1. The number of rotatable bonds is 46. The second kappa shape index (κ2) is 45.2. The Balaban J connectivity index is 5.11. The molecule has 0 spiro atoms. The lowest BCUT2D eigenvalue weighted by atomic mass is 9.94. The van der Waals surface area contributed by atoms with Gasteiger partial charge in [0.15, 0.2) is 0 Å². The highest BCUT2D eigenvalue weighted by Crippen LogP contribution is 2.22. The minimum atomic E-state index is -0.648. The first-order valence-electron chi connectivity index (χ1n) is 25.9. The number of carbonyl (C=O) groups excluding carboxylic acids is 3. The molecule has 0 aromatic heterocycles. The molecule has 9 nitrogen and oxygen atoms in total. The summed E-state index contributed by atoms with van der Waals surface area (Å²) in [5, 5.41) is 0. The van der Waals surface area contributed by atoms with Crippen LogP contribution >= 0.6 is 0 Å². The molecule has 0 aliphatic heterocycles. The molecule has 0 amide bonds. The second-order valence-corrected chi connectivity index (χ2v) is 17.5. The van der Waals surface area contributed by atoms with E-state index in [0.29, 0.717) is 45.6 Å². The van der Waals surface area contributed by atoms with E-state index >= 15 is 0 Å². The molecular formula is C51H100N2O7.